The maximum atomic E-state index is 14.1. The molecule has 1 aliphatic rings. The van der Waals surface area contributed by atoms with Crippen LogP contribution in [0.15, 0.2) is 36.4 Å². The van der Waals surface area contributed by atoms with Crippen LogP contribution in [0.25, 0.3) is 0 Å². The molecule has 0 N–H and O–H groups in total. The molecule has 130 valence electrons. The van der Waals surface area contributed by atoms with Gasteiger partial charge in [0, 0.05) is 17.6 Å². The van der Waals surface area contributed by atoms with E-state index in [1.807, 2.05) is 0 Å². The number of nitrogens with zero attached hydrogens (tertiary/aromatic N) is 2. The number of halogens is 3. The summed E-state index contributed by atoms with van der Waals surface area (Å²) in [6, 6.07) is 7.82. The molecule has 0 aliphatic heterocycles. The van der Waals surface area contributed by atoms with Crippen molar-refractivity contribution in [3.63, 3.8) is 0 Å². The Morgan fingerprint density at radius 1 is 1.24 bits per heavy atom. The summed E-state index contributed by atoms with van der Waals surface area (Å²) in [4.78, 5) is 24.7. The average molecular weight is 383 g/mol. The van der Waals surface area contributed by atoms with Crippen molar-refractivity contribution in [1.29, 1.82) is 0 Å². The third kappa shape index (κ3) is 3.91. The van der Waals surface area contributed by atoms with E-state index < -0.39 is 16.6 Å². The van der Waals surface area contributed by atoms with E-state index in [2.05, 4.69) is 0 Å². The molecule has 5 nitrogen and oxygen atoms in total. The summed E-state index contributed by atoms with van der Waals surface area (Å²) >= 11 is 11.7. The fourth-order valence-corrected chi connectivity index (χ4v) is 2.84. The molecule has 8 heteroatoms. The van der Waals surface area contributed by atoms with Gasteiger partial charge in [0.25, 0.3) is 11.6 Å². The lowest BCUT2D eigenvalue weighted by atomic mass is 10.1. The van der Waals surface area contributed by atoms with Gasteiger partial charge < -0.3 is 4.90 Å². The van der Waals surface area contributed by atoms with Gasteiger partial charge in [-0.05, 0) is 49.1 Å². The predicted octanol–water partition coefficient (Wildman–Crippen LogP) is 5.10. The molecular formula is C17H13Cl2FN2O3. The number of benzene rings is 2. The van der Waals surface area contributed by atoms with Crippen molar-refractivity contribution >= 4 is 40.5 Å². The molecule has 0 heterocycles. The largest absolute Gasteiger partial charge is 0.308 e. The van der Waals surface area contributed by atoms with E-state index in [9.17, 15) is 19.3 Å². The quantitative estimate of drug-likeness (QED) is 0.533. The zero-order valence-electron chi connectivity index (χ0n) is 12.9. The first-order valence-electron chi connectivity index (χ1n) is 7.57. The summed E-state index contributed by atoms with van der Waals surface area (Å²) in [6.45, 7) is 0.351. The molecule has 2 aromatic rings. The highest BCUT2D eigenvalue weighted by atomic mass is 35.5. The molecule has 1 aliphatic carbocycles. The smallest absolute Gasteiger partial charge is 0.289 e. The lowest BCUT2D eigenvalue weighted by molar-refractivity contribution is -0.384. The number of hydrogen-bond acceptors (Lipinski definition) is 3. The van der Waals surface area contributed by atoms with Gasteiger partial charge >= 0.3 is 0 Å². The summed E-state index contributed by atoms with van der Waals surface area (Å²) in [6.07, 6.45) is 1.91. The van der Waals surface area contributed by atoms with Crippen LogP contribution < -0.4 is 4.90 Å². The number of nitro benzene ring substituents is 1. The van der Waals surface area contributed by atoms with Gasteiger partial charge in [-0.2, -0.15) is 0 Å². The number of hydrogen-bond donors (Lipinski definition) is 0. The number of anilines is 1. The minimum atomic E-state index is -0.696. The van der Waals surface area contributed by atoms with Crippen LogP contribution in [0, 0.1) is 21.8 Å². The molecule has 0 atom stereocenters. The van der Waals surface area contributed by atoms with Crippen LogP contribution in [0.4, 0.5) is 15.8 Å². The monoisotopic (exact) mass is 382 g/mol. The van der Waals surface area contributed by atoms with Gasteiger partial charge in [-0.3, -0.25) is 14.9 Å². The minimum absolute atomic E-state index is 0.0264. The highest BCUT2D eigenvalue weighted by Crippen LogP contribution is 2.35. The number of nitro groups is 1. The third-order valence-corrected chi connectivity index (χ3v) is 4.53. The number of amides is 1. The molecule has 0 bridgehead atoms. The van der Waals surface area contributed by atoms with Gasteiger partial charge in [-0.25, -0.2) is 4.39 Å². The van der Waals surface area contributed by atoms with Crippen LogP contribution in [0.1, 0.15) is 23.2 Å². The number of rotatable bonds is 5. The summed E-state index contributed by atoms with van der Waals surface area (Å²) in [5, 5.41) is 11.3. The van der Waals surface area contributed by atoms with E-state index in [0.717, 1.165) is 18.9 Å². The van der Waals surface area contributed by atoms with Crippen LogP contribution in [0.3, 0.4) is 0 Å². The van der Waals surface area contributed by atoms with Gasteiger partial charge in [0.2, 0.25) is 0 Å². The highest BCUT2D eigenvalue weighted by molar-refractivity contribution is 6.33. The molecule has 25 heavy (non-hydrogen) atoms. The maximum absolute atomic E-state index is 14.1. The average Bonchev–Trinajstić information content (AvgIpc) is 3.39. The van der Waals surface area contributed by atoms with Crippen LogP contribution in [0.2, 0.25) is 10.0 Å². The van der Waals surface area contributed by atoms with Crippen LogP contribution in [-0.4, -0.2) is 17.4 Å². The third-order valence-electron chi connectivity index (χ3n) is 3.98. The van der Waals surface area contributed by atoms with Crippen molar-refractivity contribution < 1.29 is 14.1 Å². The second-order valence-corrected chi connectivity index (χ2v) is 6.72. The molecule has 2 aromatic carbocycles. The van der Waals surface area contributed by atoms with Gasteiger partial charge in [0.15, 0.2) is 0 Å². The van der Waals surface area contributed by atoms with Crippen molar-refractivity contribution in [3.05, 3.63) is 67.9 Å². The first-order valence-corrected chi connectivity index (χ1v) is 8.33. The van der Waals surface area contributed by atoms with E-state index in [1.165, 1.54) is 35.2 Å². The van der Waals surface area contributed by atoms with Crippen molar-refractivity contribution in [2.45, 2.75) is 12.8 Å². The van der Waals surface area contributed by atoms with E-state index in [4.69, 9.17) is 23.2 Å². The normalized spacial score (nSPS) is 13.6. The summed E-state index contributed by atoms with van der Waals surface area (Å²) in [7, 11) is 0. The van der Waals surface area contributed by atoms with E-state index in [-0.39, 0.29) is 21.3 Å². The molecule has 0 aromatic heterocycles. The summed E-state index contributed by atoms with van der Waals surface area (Å²) in [5.74, 6) is -0.997. The predicted molar refractivity (Wildman–Crippen MR) is 93.9 cm³/mol. The van der Waals surface area contributed by atoms with Gasteiger partial charge in [-0.1, -0.05) is 23.2 Å². The van der Waals surface area contributed by atoms with Crippen LogP contribution in [0.5, 0.6) is 0 Å². The molecule has 1 saturated carbocycles. The Kier molecular flexibility index (Phi) is 4.92. The SMILES string of the molecule is O=C(c1cc(Cl)ccc1F)N(CC1CC1)c1ccc(Cl)c([N+](=O)[O-])c1. The van der Waals surface area contributed by atoms with Gasteiger partial charge in [-0.15, -0.1) is 0 Å². The Labute approximate surface area is 153 Å². The Morgan fingerprint density at radius 2 is 1.96 bits per heavy atom. The Bertz CT molecular complexity index is 856. The minimum Gasteiger partial charge on any atom is -0.308 e. The second kappa shape index (κ2) is 6.98. The van der Waals surface area contributed by atoms with Crippen molar-refractivity contribution in [1.82, 2.24) is 0 Å². The van der Waals surface area contributed by atoms with Crippen LogP contribution >= 0.6 is 23.2 Å². The molecule has 1 fully saturated rings. The topological polar surface area (TPSA) is 63.5 Å². The van der Waals surface area contributed by atoms with Crippen molar-refractivity contribution in [2.24, 2.45) is 5.92 Å². The highest BCUT2D eigenvalue weighted by Gasteiger charge is 2.30. The lowest BCUT2D eigenvalue weighted by Crippen LogP contribution is -2.33. The Morgan fingerprint density at radius 3 is 2.60 bits per heavy atom. The zero-order valence-corrected chi connectivity index (χ0v) is 14.4. The zero-order chi connectivity index (χ0) is 18.1. The van der Waals surface area contributed by atoms with Crippen molar-refractivity contribution in [3.8, 4) is 0 Å². The fraction of sp³-hybridized carbons (Fsp3) is 0.235. The molecule has 0 radical (unpaired) electrons. The molecule has 0 saturated heterocycles. The van der Waals surface area contributed by atoms with Crippen molar-refractivity contribution in [2.75, 3.05) is 11.4 Å². The molecule has 0 spiro atoms. The Hall–Kier alpha value is -2.18. The lowest BCUT2D eigenvalue weighted by Gasteiger charge is -2.23. The first-order chi connectivity index (χ1) is 11.9. The summed E-state index contributed by atoms with van der Waals surface area (Å²) < 4.78 is 14.1. The molecular weight excluding hydrogens is 370 g/mol. The molecule has 3 rings (SSSR count). The first kappa shape index (κ1) is 17.6. The number of carbonyl (C=O) groups excluding carboxylic acids is 1. The van der Waals surface area contributed by atoms with E-state index >= 15 is 0 Å². The molecule has 1 amide bonds. The van der Waals surface area contributed by atoms with Gasteiger partial charge in [0.05, 0.1) is 16.2 Å². The standard InChI is InChI=1S/C17H13Cl2FN2O3/c18-11-3-6-15(20)13(7-11)17(23)21(9-10-1-2-10)12-4-5-14(19)16(8-12)22(24)25/h3-8,10H,1-2,9H2. The van der Waals surface area contributed by atoms with Gasteiger partial charge in [0.1, 0.15) is 10.8 Å². The van der Waals surface area contributed by atoms with Crippen LogP contribution in [-0.2, 0) is 0 Å². The summed E-state index contributed by atoms with van der Waals surface area (Å²) in [5.41, 5.74) is -0.183. The maximum Gasteiger partial charge on any atom is 0.289 e. The number of carbonyl (C=O) groups is 1. The Balaban J connectivity index is 2.02. The fourth-order valence-electron chi connectivity index (χ4n) is 2.48. The second-order valence-electron chi connectivity index (χ2n) is 5.88. The molecule has 0 unspecified atom stereocenters. The van der Waals surface area contributed by atoms with E-state index in [1.54, 1.807) is 0 Å². The van der Waals surface area contributed by atoms with E-state index in [0.29, 0.717) is 18.2 Å².